The Bertz CT molecular complexity index is 287. The molecule has 1 aromatic rings. The molecule has 64 valence electrons. The molecule has 1 nitrogen and oxygen atoms in total. The number of rotatable bonds is 2. The van der Waals surface area contributed by atoms with E-state index in [-0.39, 0.29) is 0 Å². The zero-order valence-electron chi connectivity index (χ0n) is 7.96. The average molecular weight is 161 g/mol. The fourth-order valence-corrected chi connectivity index (χ4v) is 1.33. The summed E-state index contributed by atoms with van der Waals surface area (Å²) in [7, 11) is 0. The number of hydrogen-bond donors (Lipinski definition) is 0. The minimum absolute atomic E-state index is 1.05. The normalized spacial score (nSPS) is 11.8. The van der Waals surface area contributed by atoms with Crippen molar-refractivity contribution in [2.45, 2.75) is 27.2 Å². The second-order valence-corrected chi connectivity index (χ2v) is 2.84. The van der Waals surface area contributed by atoms with Crippen LogP contribution in [0.3, 0.4) is 0 Å². The summed E-state index contributed by atoms with van der Waals surface area (Å²) in [6.07, 6.45) is 5.03. The second kappa shape index (κ2) is 4.05. The van der Waals surface area contributed by atoms with Crippen LogP contribution in [0.1, 0.15) is 31.5 Å². The Hall–Kier alpha value is -1.11. The van der Waals surface area contributed by atoms with E-state index in [2.05, 4.69) is 37.9 Å². The molecule has 0 aliphatic carbocycles. The lowest BCUT2D eigenvalue weighted by atomic mass is 10.1. The highest BCUT2D eigenvalue weighted by molar-refractivity contribution is 5.64. The fourth-order valence-electron chi connectivity index (χ4n) is 1.33. The number of hydrogen-bond acceptors (Lipinski definition) is 1. The summed E-state index contributed by atoms with van der Waals surface area (Å²) in [5.41, 5.74) is 3.73. The third kappa shape index (κ3) is 1.73. The van der Waals surface area contributed by atoms with E-state index in [1.54, 1.807) is 0 Å². The number of nitrogens with zero attached hydrogens (tertiary/aromatic N) is 1. The summed E-state index contributed by atoms with van der Waals surface area (Å²) >= 11 is 0. The predicted octanol–water partition coefficient (Wildman–Crippen LogP) is 3.20. The molecule has 0 fully saturated rings. The minimum Gasteiger partial charge on any atom is -0.256 e. The van der Waals surface area contributed by atoms with Crippen molar-refractivity contribution in [2.24, 2.45) is 0 Å². The van der Waals surface area contributed by atoms with Gasteiger partial charge in [0.15, 0.2) is 0 Å². The van der Waals surface area contributed by atoms with Crippen LogP contribution in [0.5, 0.6) is 0 Å². The van der Waals surface area contributed by atoms with Gasteiger partial charge in [-0.3, -0.25) is 4.98 Å². The van der Waals surface area contributed by atoms with Gasteiger partial charge in [0.25, 0.3) is 0 Å². The lowest BCUT2D eigenvalue weighted by Gasteiger charge is -2.05. The van der Waals surface area contributed by atoms with E-state index in [1.807, 2.05) is 12.3 Å². The van der Waals surface area contributed by atoms with Crippen LogP contribution in [-0.4, -0.2) is 4.98 Å². The molecule has 1 rings (SSSR count). The first-order valence-electron chi connectivity index (χ1n) is 4.36. The fraction of sp³-hybridized carbons (Fsp3) is 0.364. The van der Waals surface area contributed by atoms with Gasteiger partial charge >= 0.3 is 0 Å². The summed E-state index contributed by atoms with van der Waals surface area (Å²) in [5, 5.41) is 0. The summed E-state index contributed by atoms with van der Waals surface area (Å²) in [5.74, 6) is 0. The lowest BCUT2D eigenvalue weighted by molar-refractivity contribution is 1.14. The van der Waals surface area contributed by atoms with E-state index < -0.39 is 0 Å². The van der Waals surface area contributed by atoms with Crippen LogP contribution in [-0.2, 0) is 0 Å². The zero-order chi connectivity index (χ0) is 8.97. The molecule has 0 aliphatic heterocycles. The summed E-state index contributed by atoms with van der Waals surface area (Å²) in [6.45, 7) is 6.32. The zero-order valence-corrected chi connectivity index (χ0v) is 7.96. The quantitative estimate of drug-likeness (QED) is 0.649. The van der Waals surface area contributed by atoms with Crippen molar-refractivity contribution in [3.05, 3.63) is 35.7 Å². The maximum atomic E-state index is 4.35. The standard InChI is InChI=1S/C11H15N/c1-4-10(5-2)11-9(3)7-6-8-12-11/h4,6-8H,5H2,1-3H3/b10-4-. The number of pyridine rings is 1. The lowest BCUT2D eigenvalue weighted by Crippen LogP contribution is -1.91. The monoisotopic (exact) mass is 161 g/mol. The largest absolute Gasteiger partial charge is 0.256 e. The highest BCUT2D eigenvalue weighted by atomic mass is 14.7. The average Bonchev–Trinajstić information content (AvgIpc) is 2.10. The molecule has 0 N–H and O–H groups in total. The first kappa shape index (κ1) is 8.98. The van der Waals surface area contributed by atoms with Crippen molar-refractivity contribution in [1.82, 2.24) is 4.98 Å². The maximum absolute atomic E-state index is 4.35. The molecule has 0 aromatic carbocycles. The first-order chi connectivity index (χ1) is 5.79. The maximum Gasteiger partial charge on any atom is 0.0687 e. The van der Waals surface area contributed by atoms with Gasteiger partial charge in [0.05, 0.1) is 5.69 Å². The molecular formula is C11H15N. The first-order valence-corrected chi connectivity index (χ1v) is 4.36. The summed E-state index contributed by atoms with van der Waals surface area (Å²) in [4.78, 5) is 4.35. The Labute approximate surface area is 74.2 Å². The molecule has 0 unspecified atom stereocenters. The highest BCUT2D eigenvalue weighted by Crippen LogP contribution is 2.18. The van der Waals surface area contributed by atoms with Gasteiger partial charge in [-0.2, -0.15) is 0 Å². The molecule has 1 heteroatoms. The van der Waals surface area contributed by atoms with Crippen LogP contribution in [0.25, 0.3) is 5.57 Å². The Kier molecular flexibility index (Phi) is 3.03. The molecule has 0 saturated carbocycles. The molecule has 0 radical (unpaired) electrons. The Morgan fingerprint density at radius 1 is 1.58 bits per heavy atom. The number of allylic oxidation sites excluding steroid dienone is 2. The third-order valence-electron chi connectivity index (χ3n) is 2.04. The molecule has 0 amide bonds. The molecule has 0 saturated heterocycles. The van der Waals surface area contributed by atoms with E-state index in [4.69, 9.17) is 0 Å². The van der Waals surface area contributed by atoms with E-state index in [0.717, 1.165) is 12.1 Å². The van der Waals surface area contributed by atoms with Crippen molar-refractivity contribution < 1.29 is 0 Å². The van der Waals surface area contributed by atoms with Gasteiger partial charge in [-0.1, -0.05) is 19.1 Å². The van der Waals surface area contributed by atoms with Gasteiger partial charge in [-0.15, -0.1) is 0 Å². The molecular weight excluding hydrogens is 146 g/mol. The van der Waals surface area contributed by atoms with Crippen LogP contribution in [0.15, 0.2) is 24.4 Å². The van der Waals surface area contributed by atoms with Gasteiger partial charge in [0.1, 0.15) is 0 Å². The summed E-state index contributed by atoms with van der Waals surface area (Å²) < 4.78 is 0. The third-order valence-corrected chi connectivity index (χ3v) is 2.04. The molecule has 1 aromatic heterocycles. The van der Waals surface area contributed by atoms with Crippen molar-refractivity contribution in [3.63, 3.8) is 0 Å². The van der Waals surface area contributed by atoms with Crippen LogP contribution < -0.4 is 0 Å². The highest BCUT2D eigenvalue weighted by Gasteiger charge is 2.01. The van der Waals surface area contributed by atoms with Crippen molar-refractivity contribution in [2.75, 3.05) is 0 Å². The summed E-state index contributed by atoms with van der Waals surface area (Å²) in [6, 6.07) is 4.07. The SMILES string of the molecule is C/C=C(/CC)c1ncccc1C. The van der Waals surface area contributed by atoms with Gasteiger partial charge in [-0.05, 0) is 37.5 Å². The van der Waals surface area contributed by atoms with Gasteiger partial charge in [0, 0.05) is 6.20 Å². The Balaban J connectivity index is 3.10. The van der Waals surface area contributed by atoms with Crippen LogP contribution >= 0.6 is 0 Å². The molecule has 1 heterocycles. The van der Waals surface area contributed by atoms with Crippen molar-refractivity contribution >= 4 is 5.57 Å². The molecule has 0 spiro atoms. The minimum atomic E-state index is 1.05. The van der Waals surface area contributed by atoms with Crippen molar-refractivity contribution in [1.29, 1.82) is 0 Å². The number of aromatic nitrogens is 1. The topological polar surface area (TPSA) is 12.9 Å². The smallest absolute Gasteiger partial charge is 0.0687 e. The Morgan fingerprint density at radius 2 is 2.33 bits per heavy atom. The van der Waals surface area contributed by atoms with Gasteiger partial charge in [-0.25, -0.2) is 0 Å². The van der Waals surface area contributed by atoms with E-state index in [1.165, 1.54) is 11.1 Å². The van der Waals surface area contributed by atoms with Crippen LogP contribution in [0.2, 0.25) is 0 Å². The molecule has 12 heavy (non-hydrogen) atoms. The van der Waals surface area contributed by atoms with Gasteiger partial charge < -0.3 is 0 Å². The van der Waals surface area contributed by atoms with Crippen LogP contribution in [0, 0.1) is 6.92 Å². The molecule has 0 atom stereocenters. The predicted molar refractivity (Wildman–Crippen MR) is 52.9 cm³/mol. The van der Waals surface area contributed by atoms with Crippen LogP contribution in [0.4, 0.5) is 0 Å². The Morgan fingerprint density at radius 3 is 2.83 bits per heavy atom. The molecule has 0 aliphatic rings. The van der Waals surface area contributed by atoms with E-state index in [9.17, 15) is 0 Å². The number of aryl methyl sites for hydroxylation is 1. The van der Waals surface area contributed by atoms with Crippen molar-refractivity contribution in [3.8, 4) is 0 Å². The second-order valence-electron chi connectivity index (χ2n) is 2.84. The van der Waals surface area contributed by atoms with E-state index in [0.29, 0.717) is 0 Å². The van der Waals surface area contributed by atoms with Gasteiger partial charge in [0.2, 0.25) is 0 Å². The van der Waals surface area contributed by atoms with E-state index >= 15 is 0 Å². The molecule has 0 bridgehead atoms.